The lowest BCUT2D eigenvalue weighted by Crippen LogP contribution is -2.44. The van der Waals surface area contributed by atoms with Crippen molar-refractivity contribution in [3.8, 4) is 6.07 Å². The van der Waals surface area contributed by atoms with Crippen LogP contribution in [-0.2, 0) is 0 Å². The molecule has 14 heavy (non-hydrogen) atoms. The van der Waals surface area contributed by atoms with Gasteiger partial charge in [-0.25, -0.2) is 0 Å². The fraction of sp³-hybridized carbons (Fsp3) is 0.909. The summed E-state index contributed by atoms with van der Waals surface area (Å²) in [6.07, 6.45) is 4.67. The van der Waals surface area contributed by atoms with Crippen LogP contribution in [0, 0.1) is 16.7 Å². The Hall–Kier alpha value is -0.0700. The van der Waals surface area contributed by atoms with E-state index in [0.29, 0.717) is 17.9 Å². The number of alkyl halides is 1. The molecule has 1 unspecified atom stereocenters. The molecule has 0 aliphatic heterocycles. The van der Waals surface area contributed by atoms with Crippen molar-refractivity contribution in [2.24, 2.45) is 5.41 Å². The Morgan fingerprint density at radius 3 is 2.57 bits per heavy atom. The molecule has 0 saturated heterocycles. The van der Waals surface area contributed by atoms with Gasteiger partial charge in [0, 0.05) is 17.9 Å². The van der Waals surface area contributed by atoms with Gasteiger partial charge in [-0.05, 0) is 32.2 Å². The van der Waals surface area contributed by atoms with Crippen molar-refractivity contribution in [1.82, 2.24) is 4.90 Å². The molecule has 3 heteroatoms. The summed E-state index contributed by atoms with van der Waals surface area (Å²) in [5, 5.41) is 9.73. The summed E-state index contributed by atoms with van der Waals surface area (Å²) in [5.41, 5.74) is 0.498. The van der Waals surface area contributed by atoms with Crippen LogP contribution in [0.25, 0.3) is 0 Å². The predicted molar refractivity (Wildman–Crippen MR) is 62.4 cm³/mol. The zero-order chi connectivity index (χ0) is 10.6. The van der Waals surface area contributed by atoms with Gasteiger partial charge in [-0.2, -0.15) is 5.26 Å². The summed E-state index contributed by atoms with van der Waals surface area (Å²) in [6, 6.07) is 2.62. The summed E-state index contributed by atoms with van der Waals surface area (Å²) < 4.78 is 0. The Labute approximate surface area is 95.4 Å². The first-order valence-electron chi connectivity index (χ1n) is 5.27. The minimum atomic E-state index is 0.386. The van der Waals surface area contributed by atoms with Crippen LogP contribution in [0.3, 0.4) is 0 Å². The number of nitrogens with zero attached hydrogens (tertiary/aromatic N) is 2. The molecule has 1 fully saturated rings. The number of halogens is 1. The molecule has 0 bridgehead atoms. The molecular weight excluding hydrogens is 240 g/mol. The third-order valence-electron chi connectivity index (χ3n) is 3.42. The maximum Gasteiger partial charge on any atom is 0.0638 e. The molecule has 1 aliphatic carbocycles. The van der Waals surface area contributed by atoms with Crippen LogP contribution in [0.15, 0.2) is 0 Å². The molecule has 0 amide bonds. The Kier molecular flexibility index (Phi) is 4.40. The molecule has 0 aromatic heterocycles. The van der Waals surface area contributed by atoms with Gasteiger partial charge in [0.15, 0.2) is 0 Å². The molecule has 1 aliphatic rings. The van der Waals surface area contributed by atoms with Crippen molar-refractivity contribution in [2.75, 3.05) is 18.9 Å². The van der Waals surface area contributed by atoms with E-state index in [-0.39, 0.29) is 0 Å². The highest BCUT2D eigenvalue weighted by molar-refractivity contribution is 9.09. The van der Waals surface area contributed by atoms with E-state index >= 15 is 0 Å². The van der Waals surface area contributed by atoms with E-state index in [0.717, 1.165) is 11.9 Å². The SMILES string of the molecule is CC(CC#N)N(C)CC1(CBr)CCC1. The molecule has 0 heterocycles. The fourth-order valence-electron chi connectivity index (χ4n) is 1.98. The van der Waals surface area contributed by atoms with Gasteiger partial charge in [0.05, 0.1) is 12.5 Å². The lowest BCUT2D eigenvalue weighted by atomic mass is 9.70. The normalized spacial score (nSPS) is 21.4. The third kappa shape index (κ3) is 2.71. The highest BCUT2D eigenvalue weighted by atomic mass is 79.9. The first kappa shape index (κ1) is 12.0. The predicted octanol–water partition coefficient (Wildman–Crippen LogP) is 2.79. The lowest BCUT2D eigenvalue weighted by molar-refractivity contribution is 0.0873. The van der Waals surface area contributed by atoms with Gasteiger partial charge in [0.2, 0.25) is 0 Å². The van der Waals surface area contributed by atoms with Gasteiger partial charge >= 0.3 is 0 Å². The van der Waals surface area contributed by atoms with Crippen LogP contribution in [0.4, 0.5) is 0 Å². The Morgan fingerprint density at radius 2 is 2.21 bits per heavy atom. The van der Waals surface area contributed by atoms with E-state index in [1.54, 1.807) is 0 Å². The van der Waals surface area contributed by atoms with E-state index in [2.05, 4.69) is 40.9 Å². The third-order valence-corrected chi connectivity index (χ3v) is 4.61. The molecule has 0 aromatic rings. The fourth-order valence-corrected chi connectivity index (χ4v) is 2.72. The summed E-state index contributed by atoms with van der Waals surface area (Å²) in [5.74, 6) is 0. The van der Waals surface area contributed by atoms with Gasteiger partial charge in [0.25, 0.3) is 0 Å². The summed E-state index contributed by atoms with van der Waals surface area (Å²) >= 11 is 3.61. The van der Waals surface area contributed by atoms with Crippen molar-refractivity contribution in [1.29, 1.82) is 5.26 Å². The van der Waals surface area contributed by atoms with Crippen molar-refractivity contribution in [3.05, 3.63) is 0 Å². The molecule has 1 atom stereocenters. The van der Waals surface area contributed by atoms with Gasteiger partial charge in [-0.3, -0.25) is 0 Å². The van der Waals surface area contributed by atoms with E-state index in [9.17, 15) is 0 Å². The molecule has 80 valence electrons. The number of rotatable bonds is 5. The van der Waals surface area contributed by atoms with E-state index in [4.69, 9.17) is 5.26 Å². The highest BCUT2D eigenvalue weighted by Crippen LogP contribution is 2.43. The van der Waals surface area contributed by atoms with Crippen LogP contribution in [0.5, 0.6) is 0 Å². The quantitative estimate of drug-likeness (QED) is 0.710. The monoisotopic (exact) mass is 258 g/mol. The van der Waals surface area contributed by atoms with Crippen molar-refractivity contribution in [2.45, 2.75) is 38.6 Å². The standard InChI is InChI=1S/C11H19BrN2/c1-10(4-7-13)14(2)9-11(8-12)5-3-6-11/h10H,3-6,8-9H2,1-2H3. The summed E-state index contributed by atoms with van der Waals surface area (Å²) in [6.45, 7) is 3.25. The van der Waals surface area contributed by atoms with E-state index in [1.807, 2.05) is 0 Å². The molecule has 2 nitrogen and oxygen atoms in total. The average molecular weight is 259 g/mol. The smallest absolute Gasteiger partial charge is 0.0638 e. The van der Waals surface area contributed by atoms with Crippen LogP contribution in [0.1, 0.15) is 32.6 Å². The summed E-state index contributed by atoms with van der Waals surface area (Å²) in [7, 11) is 2.13. The second-order valence-corrected chi connectivity index (χ2v) is 5.17. The molecule has 0 aromatic carbocycles. The first-order chi connectivity index (χ1) is 6.63. The van der Waals surface area contributed by atoms with Crippen molar-refractivity contribution >= 4 is 15.9 Å². The van der Waals surface area contributed by atoms with Crippen LogP contribution in [0.2, 0.25) is 0 Å². The zero-order valence-corrected chi connectivity index (χ0v) is 10.7. The topological polar surface area (TPSA) is 27.0 Å². The van der Waals surface area contributed by atoms with Crippen LogP contribution in [-0.4, -0.2) is 29.9 Å². The van der Waals surface area contributed by atoms with Gasteiger partial charge in [0.1, 0.15) is 0 Å². The molecular formula is C11H19BrN2. The second kappa shape index (κ2) is 5.14. The zero-order valence-electron chi connectivity index (χ0n) is 9.09. The molecule has 0 N–H and O–H groups in total. The summed E-state index contributed by atoms with van der Waals surface area (Å²) in [4.78, 5) is 2.32. The Morgan fingerprint density at radius 1 is 1.57 bits per heavy atom. The first-order valence-corrected chi connectivity index (χ1v) is 6.39. The molecule has 1 saturated carbocycles. The largest absolute Gasteiger partial charge is 0.302 e. The maximum absolute atomic E-state index is 8.63. The molecule has 0 radical (unpaired) electrons. The molecule has 1 rings (SSSR count). The minimum absolute atomic E-state index is 0.386. The minimum Gasteiger partial charge on any atom is -0.302 e. The van der Waals surface area contributed by atoms with Gasteiger partial charge in [-0.1, -0.05) is 22.4 Å². The van der Waals surface area contributed by atoms with Crippen molar-refractivity contribution in [3.63, 3.8) is 0 Å². The Bertz CT molecular complexity index is 212. The van der Waals surface area contributed by atoms with E-state index < -0.39 is 0 Å². The number of hydrogen-bond donors (Lipinski definition) is 0. The molecule has 0 spiro atoms. The highest BCUT2D eigenvalue weighted by Gasteiger charge is 2.37. The average Bonchev–Trinajstić information content (AvgIpc) is 2.11. The maximum atomic E-state index is 8.63. The van der Waals surface area contributed by atoms with Crippen LogP contribution < -0.4 is 0 Å². The number of nitriles is 1. The lowest BCUT2D eigenvalue weighted by Gasteiger charge is -2.44. The van der Waals surface area contributed by atoms with Gasteiger partial charge < -0.3 is 4.90 Å². The Balaban J connectivity index is 2.39. The van der Waals surface area contributed by atoms with Crippen LogP contribution >= 0.6 is 15.9 Å². The van der Waals surface area contributed by atoms with Crippen molar-refractivity contribution < 1.29 is 0 Å². The van der Waals surface area contributed by atoms with E-state index in [1.165, 1.54) is 19.3 Å². The second-order valence-electron chi connectivity index (χ2n) is 4.61. The number of hydrogen-bond acceptors (Lipinski definition) is 2. The van der Waals surface area contributed by atoms with Gasteiger partial charge in [-0.15, -0.1) is 0 Å².